The lowest BCUT2D eigenvalue weighted by Crippen LogP contribution is -2.44. The Bertz CT molecular complexity index is 728. The van der Waals surface area contributed by atoms with Gasteiger partial charge in [-0.3, -0.25) is 10.1 Å². The molecule has 7 nitrogen and oxygen atoms in total. The highest BCUT2D eigenvalue weighted by atomic mass is 79.9. The van der Waals surface area contributed by atoms with E-state index in [1.807, 2.05) is 4.57 Å². The van der Waals surface area contributed by atoms with E-state index in [0.29, 0.717) is 22.1 Å². The van der Waals surface area contributed by atoms with Crippen LogP contribution in [0.15, 0.2) is 22.9 Å². The zero-order chi connectivity index (χ0) is 16.4. The second-order valence-electron chi connectivity index (χ2n) is 5.87. The van der Waals surface area contributed by atoms with Crippen LogP contribution < -0.4 is 5.32 Å². The minimum Gasteiger partial charge on any atom is -0.392 e. The molecule has 2 N–H and O–H groups in total. The number of benzene rings is 1. The highest BCUT2D eigenvalue weighted by Gasteiger charge is 2.23. The first kappa shape index (κ1) is 22.1. The van der Waals surface area contributed by atoms with Crippen LogP contribution in [0.3, 0.4) is 0 Å². The first-order chi connectivity index (χ1) is 11.1. The molecule has 3 rings (SSSR count). The van der Waals surface area contributed by atoms with Gasteiger partial charge in [-0.1, -0.05) is 0 Å². The summed E-state index contributed by atoms with van der Waals surface area (Å²) >= 11 is 3.25. The van der Waals surface area contributed by atoms with E-state index in [4.69, 9.17) is 0 Å². The van der Waals surface area contributed by atoms with Crippen molar-refractivity contribution in [3.05, 3.63) is 33.0 Å². The van der Waals surface area contributed by atoms with Crippen LogP contribution in [0.5, 0.6) is 0 Å². The number of halogens is 3. The Balaban J connectivity index is 0.00000156. The number of fused-ring (bicyclic) bond motifs is 1. The number of nitro benzene ring substituents is 1. The Kier molecular flexibility index (Phi) is 8.56. The van der Waals surface area contributed by atoms with Gasteiger partial charge in [0.1, 0.15) is 5.52 Å². The number of aliphatic hydroxyl groups excluding tert-OH is 1. The molecule has 1 aliphatic heterocycles. The summed E-state index contributed by atoms with van der Waals surface area (Å²) in [5, 5.41) is 24.6. The number of hydrogen-bond donors (Lipinski definition) is 2. The molecule has 140 valence electrons. The fraction of sp³-hybridized carbons (Fsp3) is 0.533. The van der Waals surface area contributed by atoms with Gasteiger partial charge < -0.3 is 15.0 Å². The Hall–Kier alpha value is -0.930. The predicted octanol–water partition coefficient (Wildman–Crippen LogP) is 3.44. The van der Waals surface area contributed by atoms with Crippen molar-refractivity contribution in [2.75, 3.05) is 6.54 Å². The second kappa shape index (κ2) is 9.68. The Morgan fingerprint density at radius 2 is 2.20 bits per heavy atom. The lowest BCUT2D eigenvalue weighted by Gasteiger charge is -2.28. The highest BCUT2D eigenvalue weighted by molar-refractivity contribution is 9.10. The zero-order valence-electron chi connectivity index (χ0n) is 13.4. The number of aromatic nitrogens is 2. The van der Waals surface area contributed by atoms with E-state index >= 15 is 0 Å². The Morgan fingerprint density at radius 3 is 2.88 bits per heavy atom. The predicted molar refractivity (Wildman–Crippen MR) is 105 cm³/mol. The third kappa shape index (κ3) is 4.83. The standard InChI is InChI=1S/C15H19BrN4O3.2ClH/c16-10-5-6-12-15(14(10)20(22)23)19(9-18-12)8-2-3-11-13(21)4-1-7-17-11;;/h5-6,9,11,13,17,21H,1-4,7-8H2;2*1H/t11-,13+;;/m1../s1. The summed E-state index contributed by atoms with van der Waals surface area (Å²) in [6.07, 6.45) is 4.85. The van der Waals surface area contributed by atoms with E-state index in [9.17, 15) is 15.2 Å². The average molecular weight is 456 g/mol. The van der Waals surface area contributed by atoms with Gasteiger partial charge in [-0.15, -0.1) is 24.8 Å². The third-order valence-corrected chi connectivity index (χ3v) is 4.99. The minimum atomic E-state index is -0.378. The van der Waals surface area contributed by atoms with E-state index in [0.717, 1.165) is 32.2 Å². The second-order valence-corrected chi connectivity index (χ2v) is 6.73. The van der Waals surface area contributed by atoms with Crippen molar-refractivity contribution in [3.8, 4) is 0 Å². The molecule has 0 bridgehead atoms. The van der Waals surface area contributed by atoms with Gasteiger partial charge in [-0.25, -0.2) is 4.98 Å². The molecule has 0 radical (unpaired) electrons. The summed E-state index contributed by atoms with van der Waals surface area (Å²) in [6.45, 7) is 1.58. The van der Waals surface area contributed by atoms with Crippen LogP contribution in [0.2, 0.25) is 0 Å². The zero-order valence-corrected chi connectivity index (χ0v) is 16.6. The smallest absolute Gasteiger partial charge is 0.309 e. The number of aliphatic hydroxyl groups is 1. The van der Waals surface area contributed by atoms with Crippen molar-refractivity contribution < 1.29 is 10.0 Å². The van der Waals surface area contributed by atoms with Gasteiger partial charge in [-0.2, -0.15) is 0 Å². The summed E-state index contributed by atoms with van der Waals surface area (Å²) in [4.78, 5) is 15.2. The van der Waals surface area contributed by atoms with Crippen molar-refractivity contribution in [1.82, 2.24) is 14.9 Å². The molecular weight excluding hydrogens is 435 g/mol. The number of aryl methyl sites for hydroxylation is 1. The number of nitrogens with zero attached hydrogens (tertiary/aromatic N) is 3. The largest absolute Gasteiger partial charge is 0.392 e. The first-order valence-corrected chi connectivity index (χ1v) is 8.56. The van der Waals surface area contributed by atoms with E-state index < -0.39 is 0 Å². The molecule has 0 amide bonds. The molecule has 10 heteroatoms. The number of piperidine rings is 1. The SMILES string of the molecule is Cl.Cl.O=[N+]([O-])c1c(Br)ccc2ncn(CCC[C@H]3NCCC[C@@H]3O)c12. The third-order valence-electron chi connectivity index (χ3n) is 4.35. The fourth-order valence-corrected chi connectivity index (χ4v) is 3.64. The average Bonchev–Trinajstić information content (AvgIpc) is 2.92. The molecule has 1 fully saturated rings. The first-order valence-electron chi connectivity index (χ1n) is 7.77. The van der Waals surface area contributed by atoms with Crippen molar-refractivity contribution >= 4 is 57.5 Å². The van der Waals surface area contributed by atoms with Gasteiger partial charge in [0.05, 0.1) is 27.3 Å². The van der Waals surface area contributed by atoms with Crippen molar-refractivity contribution in [3.63, 3.8) is 0 Å². The van der Waals surface area contributed by atoms with Gasteiger partial charge >= 0.3 is 5.69 Å². The van der Waals surface area contributed by atoms with E-state index in [2.05, 4.69) is 26.2 Å². The van der Waals surface area contributed by atoms with Crippen LogP contribution in [-0.2, 0) is 6.54 Å². The minimum absolute atomic E-state index is 0. The van der Waals surface area contributed by atoms with E-state index in [1.54, 1.807) is 18.5 Å². The summed E-state index contributed by atoms with van der Waals surface area (Å²) in [5.41, 5.74) is 1.22. The number of rotatable bonds is 5. The van der Waals surface area contributed by atoms with Gasteiger partial charge in [0.2, 0.25) is 0 Å². The normalized spacial score (nSPS) is 19.9. The van der Waals surface area contributed by atoms with Crippen LogP contribution >= 0.6 is 40.7 Å². The summed E-state index contributed by atoms with van der Waals surface area (Å²) in [6, 6.07) is 3.54. The molecule has 1 aromatic heterocycles. The molecule has 0 spiro atoms. The lowest BCUT2D eigenvalue weighted by atomic mass is 9.97. The summed E-state index contributed by atoms with van der Waals surface area (Å²) < 4.78 is 2.29. The molecule has 2 aromatic rings. The molecular formula is C15H21BrCl2N4O3. The number of imidazole rings is 1. The van der Waals surface area contributed by atoms with Crippen LogP contribution in [-0.4, -0.2) is 38.3 Å². The van der Waals surface area contributed by atoms with Crippen molar-refractivity contribution in [2.24, 2.45) is 0 Å². The van der Waals surface area contributed by atoms with E-state index in [-0.39, 0.29) is 47.6 Å². The van der Waals surface area contributed by atoms with Gasteiger partial charge in [0.25, 0.3) is 0 Å². The van der Waals surface area contributed by atoms with E-state index in [1.165, 1.54) is 0 Å². The Morgan fingerprint density at radius 1 is 1.44 bits per heavy atom. The number of nitrogens with one attached hydrogen (secondary N) is 1. The Labute approximate surface area is 166 Å². The molecule has 25 heavy (non-hydrogen) atoms. The lowest BCUT2D eigenvalue weighted by molar-refractivity contribution is -0.384. The van der Waals surface area contributed by atoms with Gasteiger partial charge in [0.15, 0.2) is 0 Å². The van der Waals surface area contributed by atoms with Crippen molar-refractivity contribution in [1.29, 1.82) is 0 Å². The molecule has 0 aliphatic carbocycles. The summed E-state index contributed by atoms with van der Waals surface area (Å²) in [5.74, 6) is 0. The molecule has 2 atom stereocenters. The number of hydrogen-bond acceptors (Lipinski definition) is 5. The summed E-state index contributed by atoms with van der Waals surface area (Å²) in [7, 11) is 0. The van der Waals surface area contributed by atoms with Gasteiger partial charge in [-0.05, 0) is 60.3 Å². The highest BCUT2D eigenvalue weighted by Crippen LogP contribution is 2.33. The van der Waals surface area contributed by atoms with Crippen LogP contribution in [0.25, 0.3) is 11.0 Å². The number of nitro groups is 1. The van der Waals surface area contributed by atoms with Crippen LogP contribution in [0.4, 0.5) is 5.69 Å². The van der Waals surface area contributed by atoms with Crippen molar-refractivity contribution in [2.45, 2.75) is 44.4 Å². The molecule has 1 aliphatic rings. The molecule has 0 unspecified atom stereocenters. The maximum Gasteiger partial charge on any atom is 0.309 e. The molecule has 2 heterocycles. The fourth-order valence-electron chi connectivity index (χ4n) is 3.18. The topological polar surface area (TPSA) is 93.2 Å². The van der Waals surface area contributed by atoms with Crippen LogP contribution in [0.1, 0.15) is 25.7 Å². The molecule has 0 saturated carbocycles. The maximum absolute atomic E-state index is 11.3. The molecule has 1 aromatic carbocycles. The molecule has 1 saturated heterocycles. The monoisotopic (exact) mass is 454 g/mol. The van der Waals surface area contributed by atoms with Gasteiger partial charge in [0, 0.05) is 12.6 Å². The van der Waals surface area contributed by atoms with Crippen LogP contribution in [0, 0.1) is 10.1 Å². The maximum atomic E-state index is 11.3. The quantitative estimate of drug-likeness (QED) is 0.532.